The minimum absolute atomic E-state index is 0.0356. The van der Waals surface area contributed by atoms with E-state index >= 15 is 0 Å². The maximum atomic E-state index is 13.0. The number of ether oxygens (including phenoxy) is 3. The molecule has 0 aliphatic heterocycles. The summed E-state index contributed by atoms with van der Waals surface area (Å²) in [5, 5.41) is 2.29. The fraction of sp³-hybridized carbons (Fsp3) is 0.300. The van der Waals surface area contributed by atoms with Crippen LogP contribution in [0.1, 0.15) is 21.5 Å². The van der Waals surface area contributed by atoms with Crippen molar-refractivity contribution in [1.29, 1.82) is 0 Å². The second-order valence-electron chi connectivity index (χ2n) is 6.04. The van der Waals surface area contributed by atoms with Gasteiger partial charge in [0.15, 0.2) is 6.61 Å². The topological polar surface area (TPSA) is 73.9 Å². The predicted molar refractivity (Wildman–Crippen MR) is 98.9 cm³/mol. The molecule has 6 nitrogen and oxygen atoms in total. The Balaban J connectivity index is 2.07. The Morgan fingerprint density at radius 1 is 1.07 bits per heavy atom. The lowest BCUT2D eigenvalue weighted by atomic mass is 10.1. The highest BCUT2D eigenvalue weighted by molar-refractivity contribution is 5.96. The van der Waals surface area contributed by atoms with Crippen molar-refractivity contribution in [2.75, 3.05) is 32.2 Å². The molecule has 29 heavy (non-hydrogen) atoms. The largest absolute Gasteiger partial charge is 0.489 e. The molecule has 2 rings (SSSR count). The molecule has 0 saturated heterocycles. The van der Waals surface area contributed by atoms with Gasteiger partial charge in [0.25, 0.3) is 5.91 Å². The summed E-state index contributed by atoms with van der Waals surface area (Å²) in [7, 11) is 1.45. The van der Waals surface area contributed by atoms with Gasteiger partial charge in [0.2, 0.25) is 0 Å². The highest BCUT2D eigenvalue weighted by Crippen LogP contribution is 2.35. The first-order chi connectivity index (χ1) is 13.7. The first-order valence-electron chi connectivity index (χ1n) is 8.57. The second-order valence-corrected chi connectivity index (χ2v) is 6.04. The van der Waals surface area contributed by atoms with E-state index in [1.54, 1.807) is 25.1 Å². The predicted octanol–water partition coefficient (Wildman–Crippen LogP) is 3.83. The summed E-state index contributed by atoms with van der Waals surface area (Å²) >= 11 is 0. The van der Waals surface area contributed by atoms with Crippen molar-refractivity contribution in [3.63, 3.8) is 0 Å². The molecule has 0 aromatic heterocycles. The van der Waals surface area contributed by atoms with Crippen LogP contribution in [0.3, 0.4) is 0 Å². The molecule has 0 radical (unpaired) electrons. The van der Waals surface area contributed by atoms with Crippen molar-refractivity contribution in [2.45, 2.75) is 13.1 Å². The van der Waals surface area contributed by atoms with Crippen molar-refractivity contribution in [3.05, 3.63) is 59.2 Å². The number of rotatable bonds is 8. The van der Waals surface area contributed by atoms with Crippen LogP contribution in [-0.2, 0) is 20.4 Å². The summed E-state index contributed by atoms with van der Waals surface area (Å²) < 4.78 is 54.0. The van der Waals surface area contributed by atoms with Crippen LogP contribution >= 0.6 is 0 Å². The lowest BCUT2D eigenvalue weighted by Gasteiger charge is -2.15. The van der Waals surface area contributed by atoms with Crippen LogP contribution in [0.15, 0.2) is 42.5 Å². The third-order valence-electron chi connectivity index (χ3n) is 3.71. The summed E-state index contributed by atoms with van der Waals surface area (Å²) in [5.74, 6) is -1.49. The fourth-order valence-corrected chi connectivity index (χ4v) is 2.34. The number of hydrogen-bond donors (Lipinski definition) is 1. The van der Waals surface area contributed by atoms with Crippen molar-refractivity contribution in [1.82, 2.24) is 0 Å². The average molecular weight is 411 g/mol. The quantitative estimate of drug-likeness (QED) is 0.528. The molecule has 156 valence electrons. The lowest BCUT2D eigenvalue weighted by molar-refractivity contribution is -0.137. The summed E-state index contributed by atoms with van der Waals surface area (Å²) in [4.78, 5) is 24.1. The number of methoxy groups -OCH3 is 1. The second kappa shape index (κ2) is 9.92. The number of aryl methyl sites for hydroxylation is 1. The molecular weight excluding hydrogens is 391 g/mol. The summed E-state index contributed by atoms with van der Waals surface area (Å²) in [6.45, 7) is 1.42. The van der Waals surface area contributed by atoms with Crippen LogP contribution in [0.2, 0.25) is 0 Å². The maximum absolute atomic E-state index is 13.0. The SMILES string of the molecule is COCCOc1ccc(C(F)(F)F)cc1NC(=O)COC(=O)c1cccc(C)c1. The molecule has 0 unspecified atom stereocenters. The van der Waals surface area contributed by atoms with Gasteiger partial charge in [-0.1, -0.05) is 17.7 Å². The lowest BCUT2D eigenvalue weighted by Crippen LogP contribution is -2.22. The zero-order chi connectivity index (χ0) is 21.4. The van der Waals surface area contributed by atoms with E-state index in [0.29, 0.717) is 0 Å². The van der Waals surface area contributed by atoms with Gasteiger partial charge in [0.05, 0.1) is 23.4 Å². The van der Waals surface area contributed by atoms with Gasteiger partial charge in [0, 0.05) is 7.11 Å². The van der Waals surface area contributed by atoms with Crippen molar-refractivity contribution >= 4 is 17.6 Å². The first kappa shape index (κ1) is 22.2. The van der Waals surface area contributed by atoms with Gasteiger partial charge in [-0.2, -0.15) is 13.2 Å². The number of benzene rings is 2. The summed E-state index contributed by atoms with van der Waals surface area (Å²) in [6, 6.07) is 9.28. The number of hydrogen-bond acceptors (Lipinski definition) is 5. The molecule has 2 aromatic rings. The summed E-state index contributed by atoms with van der Waals surface area (Å²) in [5.41, 5.74) is -0.0395. The highest BCUT2D eigenvalue weighted by atomic mass is 19.4. The monoisotopic (exact) mass is 411 g/mol. The molecule has 0 aliphatic carbocycles. The molecule has 0 heterocycles. The molecule has 1 amide bonds. The van der Waals surface area contributed by atoms with Crippen molar-refractivity contribution in [2.24, 2.45) is 0 Å². The van der Waals surface area contributed by atoms with Crippen LogP contribution in [0.25, 0.3) is 0 Å². The average Bonchev–Trinajstić information content (AvgIpc) is 2.66. The van der Waals surface area contributed by atoms with Gasteiger partial charge < -0.3 is 19.5 Å². The molecule has 2 aromatic carbocycles. The Morgan fingerprint density at radius 2 is 1.83 bits per heavy atom. The van der Waals surface area contributed by atoms with Crippen LogP contribution in [0.4, 0.5) is 18.9 Å². The van der Waals surface area contributed by atoms with E-state index in [1.165, 1.54) is 13.2 Å². The van der Waals surface area contributed by atoms with E-state index in [4.69, 9.17) is 14.2 Å². The Morgan fingerprint density at radius 3 is 2.48 bits per heavy atom. The number of carbonyl (C=O) groups is 2. The fourth-order valence-electron chi connectivity index (χ4n) is 2.34. The summed E-state index contributed by atoms with van der Waals surface area (Å²) in [6.07, 6.45) is -4.60. The van der Waals surface area contributed by atoms with Crippen LogP contribution < -0.4 is 10.1 Å². The van der Waals surface area contributed by atoms with E-state index in [-0.39, 0.29) is 30.2 Å². The Kier molecular flexibility index (Phi) is 7.60. The molecule has 0 bridgehead atoms. The zero-order valence-corrected chi connectivity index (χ0v) is 15.8. The molecule has 9 heteroatoms. The number of amides is 1. The van der Waals surface area contributed by atoms with E-state index < -0.39 is 30.2 Å². The molecule has 0 aliphatic rings. The Hall–Kier alpha value is -3.07. The number of anilines is 1. The maximum Gasteiger partial charge on any atom is 0.416 e. The third kappa shape index (κ3) is 6.79. The van der Waals surface area contributed by atoms with Gasteiger partial charge in [-0.15, -0.1) is 0 Å². The Bertz CT molecular complexity index is 867. The van der Waals surface area contributed by atoms with E-state index in [0.717, 1.165) is 23.8 Å². The van der Waals surface area contributed by atoms with Crippen LogP contribution in [-0.4, -0.2) is 38.8 Å². The number of alkyl halides is 3. The van der Waals surface area contributed by atoms with E-state index in [1.807, 2.05) is 0 Å². The highest BCUT2D eigenvalue weighted by Gasteiger charge is 2.31. The molecule has 1 N–H and O–H groups in total. The third-order valence-corrected chi connectivity index (χ3v) is 3.71. The molecule has 0 fully saturated rings. The molecule has 0 spiro atoms. The number of esters is 1. The molecule has 0 saturated carbocycles. The van der Waals surface area contributed by atoms with Crippen molar-refractivity contribution < 1.29 is 37.0 Å². The van der Waals surface area contributed by atoms with Gasteiger partial charge in [-0.25, -0.2) is 4.79 Å². The number of nitrogens with one attached hydrogen (secondary N) is 1. The minimum atomic E-state index is -4.60. The van der Waals surface area contributed by atoms with Gasteiger partial charge in [0.1, 0.15) is 12.4 Å². The van der Waals surface area contributed by atoms with E-state index in [2.05, 4.69) is 5.32 Å². The van der Waals surface area contributed by atoms with E-state index in [9.17, 15) is 22.8 Å². The van der Waals surface area contributed by atoms with Gasteiger partial charge >= 0.3 is 12.1 Å². The first-order valence-corrected chi connectivity index (χ1v) is 8.57. The molecular formula is C20H20F3NO5. The normalized spacial score (nSPS) is 11.1. The van der Waals surface area contributed by atoms with Gasteiger partial charge in [-0.3, -0.25) is 4.79 Å². The van der Waals surface area contributed by atoms with Crippen LogP contribution in [0.5, 0.6) is 5.75 Å². The smallest absolute Gasteiger partial charge is 0.416 e. The minimum Gasteiger partial charge on any atom is -0.489 e. The van der Waals surface area contributed by atoms with Gasteiger partial charge in [-0.05, 0) is 37.3 Å². The van der Waals surface area contributed by atoms with Crippen molar-refractivity contribution in [3.8, 4) is 5.75 Å². The standard InChI is InChI=1S/C20H20F3NO5/c1-13-4-3-5-14(10-13)19(26)29-12-18(25)24-16-11-15(20(21,22)23)6-7-17(16)28-9-8-27-2/h3-7,10-11H,8-9,12H2,1-2H3,(H,24,25). The molecule has 0 atom stereocenters. The van der Waals surface area contributed by atoms with Crippen LogP contribution in [0, 0.1) is 6.92 Å². The number of carbonyl (C=O) groups excluding carboxylic acids is 2. The number of halogens is 3. The zero-order valence-electron chi connectivity index (χ0n) is 15.8. The Labute approximate surface area is 165 Å².